The van der Waals surface area contributed by atoms with Crippen molar-refractivity contribution in [2.75, 3.05) is 0 Å². The fourth-order valence-corrected chi connectivity index (χ4v) is 4.09. The number of H-pyrrole nitrogens is 1. The van der Waals surface area contributed by atoms with Crippen molar-refractivity contribution in [1.29, 1.82) is 0 Å². The molecule has 0 spiro atoms. The second kappa shape index (κ2) is 4.45. The number of fused-ring (bicyclic) bond motifs is 1. The van der Waals surface area contributed by atoms with Crippen molar-refractivity contribution in [3.63, 3.8) is 0 Å². The summed E-state index contributed by atoms with van der Waals surface area (Å²) in [5.41, 5.74) is 4.14. The molecule has 0 aliphatic heterocycles. The molecule has 0 amide bonds. The quantitative estimate of drug-likeness (QED) is 0.865. The molecule has 0 radical (unpaired) electrons. The summed E-state index contributed by atoms with van der Waals surface area (Å²) >= 11 is 5.57. The van der Waals surface area contributed by atoms with E-state index in [0.717, 1.165) is 41.0 Å². The van der Waals surface area contributed by atoms with Gasteiger partial charge in [-0.2, -0.15) is 5.10 Å². The Morgan fingerprint density at radius 1 is 1.24 bits per heavy atom. The van der Waals surface area contributed by atoms with Gasteiger partial charge in [0.05, 0.1) is 5.69 Å². The predicted molar refractivity (Wildman–Crippen MR) is 88.9 cm³/mol. The topological polar surface area (TPSA) is 38.5 Å². The molecule has 2 heterocycles. The van der Waals surface area contributed by atoms with Crippen LogP contribution in [0.4, 0.5) is 0 Å². The number of hydrogen-bond acceptors (Lipinski definition) is 2. The number of aromatic amines is 1. The maximum atomic E-state index is 5.57. The van der Waals surface area contributed by atoms with E-state index in [1.807, 2.05) is 11.7 Å². The van der Waals surface area contributed by atoms with Gasteiger partial charge in [0.25, 0.3) is 0 Å². The lowest BCUT2D eigenvalue weighted by Crippen LogP contribution is -2.07. The van der Waals surface area contributed by atoms with Crippen LogP contribution in [0.5, 0.6) is 0 Å². The van der Waals surface area contributed by atoms with E-state index in [1.54, 1.807) is 0 Å². The lowest BCUT2D eigenvalue weighted by molar-refractivity contribution is 0.457. The summed E-state index contributed by atoms with van der Waals surface area (Å²) in [7, 11) is 2.02. The molecule has 5 heteroatoms. The van der Waals surface area contributed by atoms with Gasteiger partial charge in [-0.3, -0.25) is 4.68 Å². The zero-order valence-corrected chi connectivity index (χ0v) is 14.8. The van der Waals surface area contributed by atoms with Crippen molar-refractivity contribution in [2.24, 2.45) is 23.8 Å². The predicted octanol–water partition coefficient (Wildman–Crippen LogP) is 4.07. The molecular weight excluding hydrogens is 280 g/mol. The fraction of sp³-hybridized carbons (Fsp3) is 0.750. The van der Waals surface area contributed by atoms with Gasteiger partial charge in [0.15, 0.2) is 10.4 Å². The minimum Gasteiger partial charge on any atom is -0.328 e. The van der Waals surface area contributed by atoms with Gasteiger partial charge < -0.3 is 9.55 Å². The zero-order valence-electron chi connectivity index (χ0n) is 13.9. The minimum atomic E-state index is 0.371. The van der Waals surface area contributed by atoms with Crippen LogP contribution in [0, 0.1) is 21.5 Å². The first-order valence-electron chi connectivity index (χ1n) is 7.86. The van der Waals surface area contributed by atoms with Gasteiger partial charge in [-0.05, 0) is 35.4 Å². The number of rotatable bonds is 4. The molecule has 2 aromatic heterocycles. The highest BCUT2D eigenvalue weighted by molar-refractivity contribution is 7.71. The van der Waals surface area contributed by atoms with Crippen LogP contribution in [0.2, 0.25) is 0 Å². The van der Waals surface area contributed by atoms with E-state index < -0.39 is 0 Å². The van der Waals surface area contributed by atoms with Gasteiger partial charge >= 0.3 is 0 Å². The van der Waals surface area contributed by atoms with Crippen LogP contribution in [0.15, 0.2) is 0 Å². The highest BCUT2D eigenvalue weighted by atomic mass is 32.1. The van der Waals surface area contributed by atoms with Crippen molar-refractivity contribution in [3.05, 3.63) is 10.5 Å². The van der Waals surface area contributed by atoms with Crippen LogP contribution >= 0.6 is 12.2 Å². The highest BCUT2D eigenvalue weighted by Gasteiger charge is 2.64. The molecule has 21 heavy (non-hydrogen) atoms. The smallest absolute Gasteiger partial charge is 0.179 e. The third kappa shape index (κ3) is 1.93. The van der Waals surface area contributed by atoms with Gasteiger partial charge in [-0.15, -0.1) is 0 Å². The molecule has 2 aromatic rings. The van der Waals surface area contributed by atoms with E-state index in [-0.39, 0.29) is 0 Å². The molecule has 0 saturated heterocycles. The number of aryl methyl sites for hydroxylation is 2. The molecule has 1 aliphatic rings. The second-order valence-corrected chi connectivity index (χ2v) is 7.94. The summed E-state index contributed by atoms with van der Waals surface area (Å²) in [6, 6.07) is 0. The lowest BCUT2D eigenvalue weighted by atomic mass is 10.0. The molecule has 1 aliphatic carbocycles. The summed E-state index contributed by atoms with van der Waals surface area (Å²) < 4.78 is 5.06. The Labute approximate surface area is 131 Å². The fourth-order valence-electron chi connectivity index (χ4n) is 3.83. The number of hydrogen-bond donors (Lipinski definition) is 1. The van der Waals surface area contributed by atoms with Crippen molar-refractivity contribution in [2.45, 2.75) is 54.0 Å². The van der Waals surface area contributed by atoms with Crippen LogP contribution in [0.3, 0.4) is 0 Å². The van der Waals surface area contributed by atoms with E-state index in [1.165, 1.54) is 0 Å². The number of aromatic nitrogens is 4. The Morgan fingerprint density at radius 3 is 2.38 bits per heavy atom. The molecule has 1 N–H and O–H groups in total. The zero-order chi connectivity index (χ0) is 15.6. The summed E-state index contributed by atoms with van der Waals surface area (Å²) in [6.07, 6.45) is 2.09. The van der Waals surface area contributed by atoms with Crippen LogP contribution in [-0.2, 0) is 20.0 Å². The molecule has 0 unspecified atom stereocenters. The van der Waals surface area contributed by atoms with E-state index >= 15 is 0 Å². The Hall–Kier alpha value is -1.10. The van der Waals surface area contributed by atoms with Crippen molar-refractivity contribution in [3.8, 4) is 0 Å². The SMILES string of the molecule is CCCc1nn(C)c2c1[nH]c(=S)n2CC1C(C)(C)C1(C)C. The Balaban J connectivity index is 2.04. The van der Waals surface area contributed by atoms with Crippen LogP contribution in [-0.4, -0.2) is 19.3 Å². The summed E-state index contributed by atoms with van der Waals surface area (Å²) in [4.78, 5) is 3.38. The third-order valence-electron chi connectivity index (χ3n) is 5.99. The van der Waals surface area contributed by atoms with Gasteiger partial charge in [0.2, 0.25) is 0 Å². The molecule has 1 saturated carbocycles. The molecular formula is C16H26N4S. The van der Waals surface area contributed by atoms with E-state index in [0.29, 0.717) is 16.7 Å². The average Bonchev–Trinajstić information content (AvgIpc) is 2.71. The summed E-state index contributed by atoms with van der Waals surface area (Å²) in [5, 5.41) is 4.66. The van der Waals surface area contributed by atoms with Gasteiger partial charge in [0, 0.05) is 13.6 Å². The first kappa shape index (κ1) is 14.8. The van der Waals surface area contributed by atoms with E-state index in [2.05, 4.69) is 49.3 Å². The molecule has 0 bridgehead atoms. The normalized spacial score (nSPS) is 20.3. The van der Waals surface area contributed by atoms with Gasteiger partial charge in [-0.25, -0.2) is 0 Å². The monoisotopic (exact) mass is 306 g/mol. The lowest BCUT2D eigenvalue weighted by Gasteiger charge is -2.06. The highest BCUT2D eigenvalue weighted by Crippen LogP contribution is 2.68. The third-order valence-corrected chi connectivity index (χ3v) is 6.32. The molecule has 4 nitrogen and oxygen atoms in total. The number of nitrogens with zero attached hydrogens (tertiary/aromatic N) is 3. The average molecular weight is 306 g/mol. The number of nitrogens with one attached hydrogen (secondary N) is 1. The first-order valence-corrected chi connectivity index (χ1v) is 8.27. The first-order chi connectivity index (χ1) is 9.71. The van der Waals surface area contributed by atoms with E-state index in [9.17, 15) is 0 Å². The Morgan fingerprint density at radius 2 is 1.86 bits per heavy atom. The Kier molecular flexibility index (Phi) is 3.14. The van der Waals surface area contributed by atoms with Crippen molar-refractivity contribution >= 4 is 23.4 Å². The Bertz CT molecular complexity index is 730. The summed E-state index contributed by atoms with van der Waals surface area (Å²) in [5.74, 6) is 0.653. The van der Waals surface area contributed by atoms with Crippen LogP contribution in [0.1, 0.15) is 46.7 Å². The molecule has 0 atom stereocenters. The minimum absolute atomic E-state index is 0.371. The molecule has 116 valence electrons. The summed E-state index contributed by atoms with van der Waals surface area (Å²) in [6.45, 7) is 12.6. The van der Waals surface area contributed by atoms with Crippen molar-refractivity contribution < 1.29 is 0 Å². The van der Waals surface area contributed by atoms with Crippen molar-refractivity contribution in [1.82, 2.24) is 19.3 Å². The molecule has 0 aromatic carbocycles. The van der Waals surface area contributed by atoms with Crippen LogP contribution < -0.4 is 0 Å². The second-order valence-electron chi connectivity index (χ2n) is 7.56. The maximum Gasteiger partial charge on any atom is 0.179 e. The molecule has 1 fully saturated rings. The maximum absolute atomic E-state index is 5.57. The standard InChI is InChI=1S/C16H26N4S/c1-7-8-10-12-13(19(6)18-10)20(14(21)17-12)9-11-15(2,3)16(11,4)5/h11H,7-9H2,1-6H3,(H,17,21). The molecule has 3 rings (SSSR count). The van der Waals surface area contributed by atoms with Gasteiger partial charge in [-0.1, -0.05) is 41.0 Å². The number of imidazole rings is 1. The van der Waals surface area contributed by atoms with Gasteiger partial charge in [0.1, 0.15) is 5.52 Å². The van der Waals surface area contributed by atoms with Crippen LogP contribution in [0.25, 0.3) is 11.2 Å². The largest absolute Gasteiger partial charge is 0.328 e. The van der Waals surface area contributed by atoms with E-state index in [4.69, 9.17) is 12.2 Å².